The summed E-state index contributed by atoms with van der Waals surface area (Å²) in [5.41, 5.74) is 5.46. The molecule has 0 radical (unpaired) electrons. The highest BCUT2D eigenvalue weighted by Gasteiger charge is 2.35. The summed E-state index contributed by atoms with van der Waals surface area (Å²) in [7, 11) is 0. The van der Waals surface area contributed by atoms with E-state index in [1.807, 2.05) is 55.6 Å². The number of benzene rings is 3. The van der Waals surface area contributed by atoms with E-state index in [1.165, 1.54) is 17.3 Å². The van der Waals surface area contributed by atoms with E-state index in [2.05, 4.69) is 34.5 Å². The molecule has 1 saturated heterocycles. The normalized spacial score (nSPS) is 17.2. The summed E-state index contributed by atoms with van der Waals surface area (Å²) >= 11 is 1.38. The first-order valence-electron chi connectivity index (χ1n) is 11.6. The van der Waals surface area contributed by atoms with E-state index in [0.717, 1.165) is 36.4 Å². The summed E-state index contributed by atoms with van der Waals surface area (Å²) in [6.45, 7) is 4.01. The Kier molecular flexibility index (Phi) is 6.55. The predicted molar refractivity (Wildman–Crippen MR) is 143 cm³/mol. The van der Waals surface area contributed by atoms with E-state index in [4.69, 9.17) is 4.99 Å². The molecule has 1 N–H and O–H groups in total. The van der Waals surface area contributed by atoms with Gasteiger partial charge in [-0.3, -0.25) is 9.69 Å². The predicted octanol–water partition coefficient (Wildman–Crippen LogP) is 5.66. The van der Waals surface area contributed by atoms with Crippen molar-refractivity contribution in [1.82, 2.24) is 4.90 Å². The standard InChI is InChI=1S/C28H25N5OS/c1-2-30-23-13-12-21(17-29)16-24(23)31-28-33(18-20-8-4-3-5-9-20)27(34)26(35-28)19-32-15-14-22-10-6-7-11-25(22)32/h3-13,16,19,30H,2,14-15,18H2,1H3/b26-19-,31-28-. The monoisotopic (exact) mass is 479 g/mol. The Hall–Kier alpha value is -4.02. The minimum absolute atomic E-state index is 0.0663. The van der Waals surface area contributed by atoms with Gasteiger partial charge in [0.2, 0.25) is 0 Å². The Bertz CT molecular complexity index is 1360. The fourth-order valence-corrected chi connectivity index (χ4v) is 5.24. The van der Waals surface area contributed by atoms with Crippen LogP contribution in [-0.4, -0.2) is 29.1 Å². The molecular formula is C28H25N5OS. The van der Waals surface area contributed by atoms with Crippen molar-refractivity contribution >= 4 is 39.9 Å². The van der Waals surface area contributed by atoms with Gasteiger partial charge in [0, 0.05) is 25.0 Å². The second-order valence-corrected chi connectivity index (χ2v) is 9.32. The van der Waals surface area contributed by atoms with Crippen LogP contribution in [0, 0.1) is 11.3 Å². The molecule has 0 aliphatic carbocycles. The number of hydrogen-bond acceptors (Lipinski definition) is 6. The Morgan fingerprint density at radius 2 is 1.91 bits per heavy atom. The zero-order chi connectivity index (χ0) is 24.2. The maximum absolute atomic E-state index is 13.6. The molecule has 0 atom stereocenters. The first kappa shape index (κ1) is 22.8. The van der Waals surface area contributed by atoms with Gasteiger partial charge in [0.15, 0.2) is 5.17 Å². The molecule has 0 bridgehead atoms. The molecule has 0 spiro atoms. The highest BCUT2D eigenvalue weighted by atomic mass is 32.2. The van der Waals surface area contributed by atoms with Crippen molar-refractivity contribution in [3.8, 4) is 6.07 Å². The number of nitrogens with one attached hydrogen (secondary N) is 1. The first-order valence-corrected chi connectivity index (χ1v) is 12.4. The topological polar surface area (TPSA) is 71.7 Å². The number of fused-ring (bicyclic) bond motifs is 1. The van der Waals surface area contributed by atoms with Gasteiger partial charge in [-0.1, -0.05) is 48.5 Å². The summed E-state index contributed by atoms with van der Waals surface area (Å²) in [4.78, 5) is 23.0. The Morgan fingerprint density at radius 1 is 1.11 bits per heavy atom. The van der Waals surface area contributed by atoms with Crippen LogP contribution in [0.5, 0.6) is 0 Å². The third-order valence-electron chi connectivity index (χ3n) is 5.98. The minimum atomic E-state index is -0.0663. The molecule has 7 heteroatoms. The maximum atomic E-state index is 13.6. The van der Waals surface area contributed by atoms with Crippen LogP contribution in [0.4, 0.5) is 17.1 Å². The second-order valence-electron chi connectivity index (χ2n) is 8.31. The van der Waals surface area contributed by atoms with Crippen molar-refractivity contribution < 1.29 is 4.79 Å². The molecule has 174 valence electrons. The fraction of sp³-hybridized carbons (Fsp3) is 0.179. The molecule has 0 unspecified atom stereocenters. The Labute approximate surface area is 209 Å². The summed E-state index contributed by atoms with van der Waals surface area (Å²) in [5.74, 6) is -0.0663. The lowest BCUT2D eigenvalue weighted by Gasteiger charge is -2.17. The second kappa shape index (κ2) is 10.1. The molecule has 2 aliphatic rings. The van der Waals surface area contributed by atoms with Gasteiger partial charge in [-0.2, -0.15) is 5.26 Å². The number of carbonyl (C=O) groups is 1. The van der Waals surface area contributed by atoms with E-state index >= 15 is 0 Å². The summed E-state index contributed by atoms with van der Waals surface area (Å²) in [5, 5.41) is 13.3. The smallest absolute Gasteiger partial charge is 0.268 e. The minimum Gasteiger partial charge on any atom is -0.384 e. The van der Waals surface area contributed by atoms with Gasteiger partial charge < -0.3 is 10.2 Å². The lowest BCUT2D eigenvalue weighted by molar-refractivity contribution is -0.122. The SMILES string of the molecule is CCNc1ccc(C#N)cc1/N=C1\S/C(=C\N2CCc3ccccc32)C(=O)N1Cc1ccccc1. The quantitative estimate of drug-likeness (QED) is 0.462. The van der Waals surface area contributed by atoms with Crippen molar-refractivity contribution in [1.29, 1.82) is 5.26 Å². The lowest BCUT2D eigenvalue weighted by atomic mass is 10.2. The van der Waals surface area contributed by atoms with Crippen LogP contribution in [0.15, 0.2) is 88.9 Å². The molecule has 5 rings (SSSR count). The van der Waals surface area contributed by atoms with Gasteiger partial charge in [-0.05, 0) is 60.5 Å². The number of nitriles is 1. The molecule has 6 nitrogen and oxygen atoms in total. The van der Waals surface area contributed by atoms with Crippen LogP contribution >= 0.6 is 11.8 Å². The molecule has 2 aliphatic heterocycles. The summed E-state index contributed by atoms with van der Waals surface area (Å²) < 4.78 is 0. The number of hydrogen-bond donors (Lipinski definition) is 1. The average Bonchev–Trinajstić information content (AvgIpc) is 3.42. The van der Waals surface area contributed by atoms with E-state index < -0.39 is 0 Å². The van der Waals surface area contributed by atoms with Crippen LogP contribution < -0.4 is 10.2 Å². The molecule has 3 aromatic rings. The number of anilines is 2. The van der Waals surface area contributed by atoms with Crippen molar-refractivity contribution in [3.05, 3.63) is 101 Å². The van der Waals surface area contributed by atoms with Crippen LogP contribution in [0.25, 0.3) is 0 Å². The molecule has 0 aromatic heterocycles. The number of thioether (sulfide) groups is 1. The van der Waals surface area contributed by atoms with Crippen molar-refractivity contribution in [2.24, 2.45) is 4.99 Å². The number of nitrogens with zero attached hydrogens (tertiary/aromatic N) is 4. The Morgan fingerprint density at radius 3 is 2.71 bits per heavy atom. The average molecular weight is 480 g/mol. The van der Waals surface area contributed by atoms with Gasteiger partial charge in [0.05, 0.1) is 34.5 Å². The van der Waals surface area contributed by atoms with Crippen molar-refractivity contribution in [2.45, 2.75) is 19.9 Å². The number of aliphatic imine (C=N–C) groups is 1. The van der Waals surface area contributed by atoms with Gasteiger partial charge in [0.1, 0.15) is 0 Å². The highest BCUT2D eigenvalue weighted by Crippen LogP contribution is 2.38. The van der Waals surface area contributed by atoms with Crippen LogP contribution in [0.1, 0.15) is 23.6 Å². The fourth-order valence-electron chi connectivity index (χ4n) is 4.26. The zero-order valence-electron chi connectivity index (χ0n) is 19.4. The zero-order valence-corrected chi connectivity index (χ0v) is 20.3. The molecular weight excluding hydrogens is 454 g/mol. The lowest BCUT2D eigenvalue weighted by Crippen LogP contribution is -2.29. The van der Waals surface area contributed by atoms with Crippen LogP contribution in [0.2, 0.25) is 0 Å². The molecule has 1 amide bonds. The van der Waals surface area contributed by atoms with Crippen molar-refractivity contribution in [2.75, 3.05) is 23.3 Å². The largest absolute Gasteiger partial charge is 0.384 e. The van der Waals surface area contributed by atoms with E-state index in [0.29, 0.717) is 27.9 Å². The van der Waals surface area contributed by atoms with Crippen molar-refractivity contribution in [3.63, 3.8) is 0 Å². The van der Waals surface area contributed by atoms with Gasteiger partial charge in [0.25, 0.3) is 5.91 Å². The number of rotatable bonds is 6. The number of para-hydroxylation sites is 1. The molecule has 0 saturated carbocycles. The Balaban J connectivity index is 1.54. The summed E-state index contributed by atoms with van der Waals surface area (Å²) in [6.07, 6.45) is 2.91. The third-order valence-corrected chi connectivity index (χ3v) is 6.97. The number of carbonyl (C=O) groups excluding carboxylic acids is 1. The first-order chi connectivity index (χ1) is 17.2. The van der Waals surface area contributed by atoms with Gasteiger partial charge >= 0.3 is 0 Å². The molecule has 35 heavy (non-hydrogen) atoms. The van der Waals surface area contributed by atoms with Crippen LogP contribution in [-0.2, 0) is 17.8 Å². The molecule has 2 heterocycles. The molecule has 1 fully saturated rings. The van der Waals surface area contributed by atoms with Crippen LogP contribution in [0.3, 0.4) is 0 Å². The van der Waals surface area contributed by atoms with Gasteiger partial charge in [-0.25, -0.2) is 4.99 Å². The van der Waals surface area contributed by atoms with E-state index in [1.54, 1.807) is 17.0 Å². The number of amidine groups is 1. The highest BCUT2D eigenvalue weighted by molar-refractivity contribution is 8.18. The van der Waals surface area contributed by atoms with E-state index in [9.17, 15) is 10.1 Å². The third kappa shape index (κ3) is 4.79. The van der Waals surface area contributed by atoms with E-state index in [-0.39, 0.29) is 5.91 Å². The number of amides is 1. The van der Waals surface area contributed by atoms with Gasteiger partial charge in [-0.15, -0.1) is 0 Å². The summed E-state index contributed by atoms with van der Waals surface area (Å²) in [6, 6.07) is 25.8. The maximum Gasteiger partial charge on any atom is 0.268 e. The molecule has 3 aromatic carbocycles.